The number of hydrogen-bond acceptors (Lipinski definition) is 3. The molecule has 0 heterocycles. The Morgan fingerprint density at radius 2 is 2.05 bits per heavy atom. The normalized spacial score (nSPS) is 10.3. The minimum atomic E-state index is -0.508. The molecule has 0 radical (unpaired) electrons. The summed E-state index contributed by atoms with van der Waals surface area (Å²) < 4.78 is 5.70. The summed E-state index contributed by atoms with van der Waals surface area (Å²) in [7, 11) is 0. The van der Waals surface area contributed by atoms with E-state index in [2.05, 4.69) is 0 Å². The average molecular weight is 291 g/mol. The highest BCUT2D eigenvalue weighted by molar-refractivity contribution is 6.31. The molecule has 1 amide bonds. The van der Waals surface area contributed by atoms with E-state index in [0.717, 1.165) is 11.1 Å². The van der Waals surface area contributed by atoms with Crippen LogP contribution in [0.15, 0.2) is 36.4 Å². The SMILES string of the molecule is Cc1c(N)cccc1OCc1ccc(C(N)=O)cc1Cl. The molecule has 0 spiro atoms. The molecule has 0 saturated carbocycles. The fourth-order valence-electron chi connectivity index (χ4n) is 1.76. The molecule has 0 aliphatic carbocycles. The van der Waals surface area contributed by atoms with Crippen LogP contribution < -0.4 is 16.2 Å². The smallest absolute Gasteiger partial charge is 0.248 e. The molecule has 0 fully saturated rings. The number of amides is 1. The van der Waals surface area contributed by atoms with Gasteiger partial charge in [0.2, 0.25) is 5.91 Å². The van der Waals surface area contributed by atoms with Crippen molar-refractivity contribution in [2.75, 3.05) is 5.73 Å². The first kappa shape index (κ1) is 14.2. The van der Waals surface area contributed by atoms with E-state index in [1.807, 2.05) is 25.1 Å². The van der Waals surface area contributed by atoms with Crippen LogP contribution in [0.4, 0.5) is 5.69 Å². The predicted octanol–water partition coefficient (Wildman–Crippen LogP) is 2.91. The van der Waals surface area contributed by atoms with Crippen LogP contribution in [0.2, 0.25) is 5.02 Å². The first-order valence-electron chi connectivity index (χ1n) is 6.05. The Morgan fingerprint density at radius 3 is 2.70 bits per heavy atom. The predicted molar refractivity (Wildman–Crippen MR) is 79.9 cm³/mol. The van der Waals surface area contributed by atoms with Crippen LogP contribution in [0, 0.1) is 6.92 Å². The van der Waals surface area contributed by atoms with E-state index < -0.39 is 5.91 Å². The molecule has 0 aliphatic rings. The number of nitrogens with two attached hydrogens (primary N) is 2. The van der Waals surface area contributed by atoms with Gasteiger partial charge in [-0.3, -0.25) is 4.79 Å². The highest BCUT2D eigenvalue weighted by Gasteiger charge is 2.08. The molecule has 0 bridgehead atoms. The fraction of sp³-hybridized carbons (Fsp3) is 0.133. The monoisotopic (exact) mass is 290 g/mol. The van der Waals surface area contributed by atoms with Crippen molar-refractivity contribution in [3.05, 3.63) is 58.1 Å². The van der Waals surface area contributed by atoms with E-state index in [1.165, 1.54) is 6.07 Å². The van der Waals surface area contributed by atoms with Gasteiger partial charge in [0.15, 0.2) is 0 Å². The Labute approximate surface area is 122 Å². The van der Waals surface area contributed by atoms with Crippen molar-refractivity contribution in [3.63, 3.8) is 0 Å². The quantitative estimate of drug-likeness (QED) is 0.850. The van der Waals surface area contributed by atoms with Crippen molar-refractivity contribution in [2.24, 2.45) is 5.73 Å². The second-order valence-electron chi connectivity index (χ2n) is 4.43. The molecule has 2 aromatic carbocycles. The van der Waals surface area contributed by atoms with Gasteiger partial charge in [0.25, 0.3) is 0 Å². The Balaban J connectivity index is 2.15. The van der Waals surface area contributed by atoms with Crippen molar-refractivity contribution in [1.29, 1.82) is 0 Å². The van der Waals surface area contributed by atoms with Crippen LogP contribution in [0.25, 0.3) is 0 Å². The maximum atomic E-state index is 11.0. The van der Waals surface area contributed by atoms with Gasteiger partial charge in [-0.05, 0) is 31.2 Å². The summed E-state index contributed by atoms with van der Waals surface area (Å²) in [5.74, 6) is 0.200. The second kappa shape index (κ2) is 5.84. The van der Waals surface area contributed by atoms with Gasteiger partial charge in [-0.25, -0.2) is 0 Å². The summed E-state index contributed by atoms with van der Waals surface area (Å²) in [5, 5.41) is 0.447. The van der Waals surface area contributed by atoms with Gasteiger partial charge in [0, 0.05) is 27.4 Å². The molecule has 0 saturated heterocycles. The van der Waals surface area contributed by atoms with Crippen LogP contribution in [-0.2, 0) is 6.61 Å². The van der Waals surface area contributed by atoms with E-state index in [-0.39, 0.29) is 0 Å². The maximum absolute atomic E-state index is 11.0. The van der Waals surface area contributed by atoms with Crippen molar-refractivity contribution >= 4 is 23.2 Å². The Kier molecular flexibility index (Phi) is 4.15. The molecule has 4 N–H and O–H groups in total. The number of nitrogen functional groups attached to an aromatic ring is 1. The van der Waals surface area contributed by atoms with Crippen LogP contribution in [-0.4, -0.2) is 5.91 Å². The van der Waals surface area contributed by atoms with E-state index in [4.69, 9.17) is 27.8 Å². The molecule has 4 nitrogen and oxygen atoms in total. The van der Waals surface area contributed by atoms with Crippen LogP contribution >= 0.6 is 11.6 Å². The first-order chi connectivity index (χ1) is 9.49. The third-order valence-electron chi connectivity index (χ3n) is 3.05. The van der Waals surface area contributed by atoms with Crippen molar-refractivity contribution in [3.8, 4) is 5.75 Å². The van der Waals surface area contributed by atoms with Gasteiger partial charge >= 0.3 is 0 Å². The van der Waals surface area contributed by atoms with Crippen LogP contribution in [0.1, 0.15) is 21.5 Å². The zero-order valence-corrected chi connectivity index (χ0v) is 11.8. The molecule has 5 heteroatoms. The number of rotatable bonds is 4. The molecule has 0 aromatic heterocycles. The lowest BCUT2D eigenvalue weighted by atomic mass is 10.1. The maximum Gasteiger partial charge on any atom is 0.248 e. The average Bonchev–Trinajstić information content (AvgIpc) is 2.41. The van der Waals surface area contributed by atoms with Gasteiger partial charge in [0.1, 0.15) is 12.4 Å². The van der Waals surface area contributed by atoms with Crippen molar-refractivity contribution in [2.45, 2.75) is 13.5 Å². The minimum absolute atomic E-state index is 0.294. The van der Waals surface area contributed by atoms with Crippen molar-refractivity contribution in [1.82, 2.24) is 0 Å². The number of ether oxygens (including phenoxy) is 1. The standard InChI is InChI=1S/C15H15ClN2O2/c1-9-13(17)3-2-4-14(9)20-8-11-6-5-10(15(18)19)7-12(11)16/h2-7H,8,17H2,1H3,(H2,18,19). The molecule has 0 unspecified atom stereocenters. The summed E-state index contributed by atoms with van der Waals surface area (Å²) in [4.78, 5) is 11.0. The molecule has 0 atom stereocenters. The summed E-state index contributed by atoms with van der Waals surface area (Å²) in [5.41, 5.74) is 13.7. The number of halogens is 1. The molecular formula is C15H15ClN2O2. The van der Waals surface area contributed by atoms with Gasteiger partial charge < -0.3 is 16.2 Å². The Hall–Kier alpha value is -2.20. The summed E-state index contributed by atoms with van der Waals surface area (Å²) in [6.45, 7) is 2.19. The highest BCUT2D eigenvalue weighted by Crippen LogP contribution is 2.25. The van der Waals surface area contributed by atoms with Gasteiger partial charge in [0.05, 0.1) is 0 Å². The molecule has 104 valence electrons. The van der Waals surface area contributed by atoms with E-state index in [1.54, 1.807) is 12.1 Å². The third-order valence-corrected chi connectivity index (χ3v) is 3.40. The van der Waals surface area contributed by atoms with Crippen molar-refractivity contribution < 1.29 is 9.53 Å². The van der Waals surface area contributed by atoms with E-state index >= 15 is 0 Å². The van der Waals surface area contributed by atoms with Gasteiger partial charge in [-0.15, -0.1) is 0 Å². The third kappa shape index (κ3) is 3.03. The molecule has 2 aromatic rings. The lowest BCUT2D eigenvalue weighted by Crippen LogP contribution is -2.11. The topological polar surface area (TPSA) is 78.3 Å². The number of carbonyl (C=O) groups excluding carboxylic acids is 1. The second-order valence-corrected chi connectivity index (χ2v) is 4.84. The molecule has 0 aliphatic heterocycles. The zero-order valence-electron chi connectivity index (χ0n) is 11.0. The fourth-order valence-corrected chi connectivity index (χ4v) is 2.00. The minimum Gasteiger partial charge on any atom is -0.489 e. The zero-order chi connectivity index (χ0) is 14.7. The lowest BCUT2D eigenvalue weighted by Gasteiger charge is -2.12. The molecule has 2 rings (SSSR count). The van der Waals surface area contributed by atoms with Crippen LogP contribution in [0.3, 0.4) is 0 Å². The number of hydrogen-bond donors (Lipinski definition) is 2. The van der Waals surface area contributed by atoms with E-state index in [9.17, 15) is 4.79 Å². The highest BCUT2D eigenvalue weighted by atomic mass is 35.5. The van der Waals surface area contributed by atoms with E-state index in [0.29, 0.717) is 28.6 Å². The lowest BCUT2D eigenvalue weighted by molar-refractivity contribution is 0.1000. The van der Waals surface area contributed by atoms with Gasteiger partial charge in [-0.2, -0.15) is 0 Å². The molecule has 20 heavy (non-hydrogen) atoms. The summed E-state index contributed by atoms with van der Waals surface area (Å²) >= 11 is 6.10. The number of benzene rings is 2. The first-order valence-corrected chi connectivity index (χ1v) is 6.43. The largest absolute Gasteiger partial charge is 0.489 e. The van der Waals surface area contributed by atoms with Crippen LogP contribution in [0.5, 0.6) is 5.75 Å². The molecular weight excluding hydrogens is 276 g/mol. The number of anilines is 1. The number of carbonyl (C=O) groups is 1. The number of primary amides is 1. The Bertz CT molecular complexity index is 656. The Morgan fingerprint density at radius 1 is 1.30 bits per heavy atom. The summed E-state index contributed by atoms with van der Waals surface area (Å²) in [6.07, 6.45) is 0. The summed E-state index contributed by atoms with van der Waals surface area (Å²) in [6, 6.07) is 10.4. The van der Waals surface area contributed by atoms with Gasteiger partial charge in [-0.1, -0.05) is 23.7 Å².